The predicted molar refractivity (Wildman–Crippen MR) is 62.8 cm³/mol. The van der Waals surface area contributed by atoms with Gasteiger partial charge in [-0.15, -0.1) is 0 Å². The minimum absolute atomic E-state index is 0.434. The Labute approximate surface area is 97.9 Å². The van der Waals surface area contributed by atoms with Crippen molar-refractivity contribution < 1.29 is 4.73 Å². The zero-order chi connectivity index (χ0) is 11.7. The highest BCUT2D eigenvalue weighted by molar-refractivity contribution is 6.33. The first-order chi connectivity index (χ1) is 7.59. The average molecular weight is 236 g/mol. The lowest BCUT2D eigenvalue weighted by Gasteiger charge is -2.08. The van der Waals surface area contributed by atoms with Crippen molar-refractivity contribution in [1.29, 1.82) is 0 Å². The summed E-state index contributed by atoms with van der Waals surface area (Å²) in [7, 11) is 0. The van der Waals surface area contributed by atoms with Crippen LogP contribution in [0, 0.1) is 12.1 Å². The molecule has 0 aliphatic carbocycles. The van der Waals surface area contributed by atoms with Crippen molar-refractivity contribution >= 4 is 17.4 Å². The van der Waals surface area contributed by atoms with E-state index in [-0.39, 0.29) is 0 Å². The summed E-state index contributed by atoms with van der Waals surface area (Å²) in [5.74, 6) is 0.434. The monoisotopic (exact) mass is 235 g/mol. The van der Waals surface area contributed by atoms with E-state index in [0.717, 1.165) is 10.3 Å². The second-order valence-electron chi connectivity index (χ2n) is 3.42. The predicted octanol–water partition coefficient (Wildman–Crippen LogP) is 1.93. The highest BCUT2D eigenvalue weighted by atomic mass is 35.5. The number of nitrogen functional groups attached to an aromatic ring is 1. The minimum Gasteiger partial charge on any atom is -0.618 e. The van der Waals surface area contributed by atoms with Gasteiger partial charge < -0.3 is 10.9 Å². The number of nitrogens with two attached hydrogens (primary N) is 1. The molecule has 2 aromatic rings. The van der Waals surface area contributed by atoms with Crippen molar-refractivity contribution in [3.63, 3.8) is 0 Å². The highest BCUT2D eigenvalue weighted by Crippen LogP contribution is 2.28. The fraction of sp³-hybridized carbons (Fsp3) is 0.0909. The van der Waals surface area contributed by atoms with Gasteiger partial charge in [0.1, 0.15) is 5.82 Å². The van der Waals surface area contributed by atoms with Gasteiger partial charge in [0.15, 0.2) is 11.9 Å². The SMILES string of the molecule is Cc1c(-c2ccc(N)nc2)c(Cl)cc[n+]1[O-]. The molecule has 2 heterocycles. The van der Waals surface area contributed by atoms with Crippen LogP contribution in [0.5, 0.6) is 0 Å². The molecule has 4 nitrogen and oxygen atoms in total. The molecule has 0 saturated carbocycles. The van der Waals surface area contributed by atoms with Gasteiger partial charge in [0, 0.05) is 24.8 Å². The fourth-order valence-electron chi connectivity index (χ4n) is 1.51. The zero-order valence-electron chi connectivity index (χ0n) is 8.64. The van der Waals surface area contributed by atoms with E-state index < -0.39 is 0 Å². The lowest BCUT2D eigenvalue weighted by molar-refractivity contribution is -0.611. The third kappa shape index (κ3) is 1.79. The smallest absolute Gasteiger partial charge is 0.199 e. The molecule has 2 N–H and O–H groups in total. The second-order valence-corrected chi connectivity index (χ2v) is 3.83. The van der Waals surface area contributed by atoms with E-state index in [1.54, 1.807) is 31.3 Å². The molecule has 0 fully saturated rings. The van der Waals surface area contributed by atoms with Crippen molar-refractivity contribution in [1.82, 2.24) is 4.98 Å². The summed E-state index contributed by atoms with van der Waals surface area (Å²) in [4.78, 5) is 3.98. The molecule has 2 rings (SSSR count). The summed E-state index contributed by atoms with van der Waals surface area (Å²) < 4.78 is 0.775. The van der Waals surface area contributed by atoms with E-state index >= 15 is 0 Å². The Morgan fingerprint density at radius 2 is 2.12 bits per heavy atom. The Morgan fingerprint density at radius 3 is 2.75 bits per heavy atom. The lowest BCUT2D eigenvalue weighted by atomic mass is 10.1. The standard InChI is InChI=1S/C11H10ClN3O/c1-7-11(9(12)4-5-15(7)16)8-2-3-10(13)14-6-8/h2-6H,1H3,(H2,13,14). The zero-order valence-corrected chi connectivity index (χ0v) is 9.40. The molecule has 0 aliphatic rings. The molecule has 0 spiro atoms. The topological polar surface area (TPSA) is 65.8 Å². The van der Waals surface area contributed by atoms with Crippen LogP contribution in [0.25, 0.3) is 11.1 Å². The van der Waals surface area contributed by atoms with Crippen molar-refractivity contribution in [2.24, 2.45) is 0 Å². The van der Waals surface area contributed by atoms with Crippen LogP contribution in [0.4, 0.5) is 5.82 Å². The highest BCUT2D eigenvalue weighted by Gasteiger charge is 2.14. The maximum atomic E-state index is 11.4. The van der Waals surface area contributed by atoms with Crippen LogP contribution in [-0.2, 0) is 0 Å². The largest absolute Gasteiger partial charge is 0.618 e. The van der Waals surface area contributed by atoms with Gasteiger partial charge in [-0.1, -0.05) is 11.6 Å². The second kappa shape index (κ2) is 3.98. The normalized spacial score (nSPS) is 10.4. The fourth-order valence-corrected chi connectivity index (χ4v) is 1.81. The summed E-state index contributed by atoms with van der Waals surface area (Å²) in [5.41, 5.74) is 7.51. The number of rotatable bonds is 1. The van der Waals surface area contributed by atoms with Crippen molar-refractivity contribution in [3.8, 4) is 11.1 Å². The molecule has 0 saturated heterocycles. The molecule has 0 radical (unpaired) electrons. The number of hydrogen-bond acceptors (Lipinski definition) is 3. The minimum atomic E-state index is 0.434. The number of anilines is 1. The summed E-state index contributed by atoms with van der Waals surface area (Å²) in [5, 5.41) is 12.0. The molecule has 0 bridgehead atoms. The van der Waals surface area contributed by atoms with Gasteiger partial charge in [-0.05, 0) is 12.1 Å². The Morgan fingerprint density at radius 1 is 1.38 bits per heavy atom. The molecule has 0 atom stereocenters. The molecular formula is C11H10ClN3O. The van der Waals surface area contributed by atoms with Crippen molar-refractivity contribution in [2.45, 2.75) is 6.92 Å². The number of halogens is 1. The van der Waals surface area contributed by atoms with E-state index in [2.05, 4.69) is 4.98 Å². The van der Waals surface area contributed by atoms with Gasteiger partial charge in [0.2, 0.25) is 0 Å². The average Bonchev–Trinajstić information content (AvgIpc) is 2.27. The molecule has 0 unspecified atom stereocenters. The lowest BCUT2D eigenvalue weighted by Crippen LogP contribution is -2.29. The third-order valence-corrected chi connectivity index (χ3v) is 2.68. The molecule has 16 heavy (non-hydrogen) atoms. The Balaban J connectivity index is 2.63. The molecule has 0 aliphatic heterocycles. The first kappa shape index (κ1) is 10.7. The Kier molecular flexibility index (Phi) is 2.66. The van der Waals surface area contributed by atoms with Crippen LogP contribution < -0.4 is 10.5 Å². The summed E-state index contributed by atoms with van der Waals surface area (Å²) >= 11 is 6.06. The van der Waals surface area contributed by atoms with Gasteiger partial charge in [-0.2, -0.15) is 4.73 Å². The number of pyridine rings is 2. The van der Waals surface area contributed by atoms with Crippen LogP contribution in [0.2, 0.25) is 5.02 Å². The maximum absolute atomic E-state index is 11.4. The van der Waals surface area contributed by atoms with E-state index in [9.17, 15) is 5.21 Å². The van der Waals surface area contributed by atoms with Crippen LogP contribution in [0.15, 0.2) is 30.6 Å². The van der Waals surface area contributed by atoms with Gasteiger partial charge in [-0.25, -0.2) is 4.98 Å². The van der Waals surface area contributed by atoms with Gasteiger partial charge in [0.25, 0.3) is 0 Å². The van der Waals surface area contributed by atoms with Gasteiger partial charge in [-0.3, -0.25) is 0 Å². The van der Waals surface area contributed by atoms with Crippen LogP contribution >= 0.6 is 11.6 Å². The third-order valence-electron chi connectivity index (χ3n) is 2.36. The van der Waals surface area contributed by atoms with Crippen LogP contribution in [0.3, 0.4) is 0 Å². The van der Waals surface area contributed by atoms with Crippen LogP contribution in [-0.4, -0.2) is 4.98 Å². The van der Waals surface area contributed by atoms with E-state index in [1.807, 2.05) is 0 Å². The molecule has 5 heteroatoms. The summed E-state index contributed by atoms with van der Waals surface area (Å²) in [6, 6.07) is 5.02. The molecule has 2 aromatic heterocycles. The van der Waals surface area contributed by atoms with E-state index in [1.165, 1.54) is 6.20 Å². The van der Waals surface area contributed by atoms with Crippen molar-refractivity contribution in [3.05, 3.63) is 46.5 Å². The summed E-state index contributed by atoms with van der Waals surface area (Å²) in [6.07, 6.45) is 2.98. The Bertz CT molecular complexity index is 525. The van der Waals surface area contributed by atoms with Gasteiger partial charge >= 0.3 is 0 Å². The van der Waals surface area contributed by atoms with Crippen LogP contribution in [0.1, 0.15) is 5.69 Å². The Hall–Kier alpha value is -1.81. The number of hydrogen-bond donors (Lipinski definition) is 1. The molecule has 0 aromatic carbocycles. The quantitative estimate of drug-likeness (QED) is 0.607. The van der Waals surface area contributed by atoms with E-state index in [4.69, 9.17) is 17.3 Å². The molecule has 0 amide bonds. The van der Waals surface area contributed by atoms with E-state index in [0.29, 0.717) is 22.1 Å². The first-order valence-corrected chi connectivity index (χ1v) is 5.07. The number of nitrogens with zero attached hydrogens (tertiary/aromatic N) is 2. The number of aromatic nitrogens is 2. The summed E-state index contributed by atoms with van der Waals surface area (Å²) in [6.45, 7) is 1.71. The first-order valence-electron chi connectivity index (χ1n) is 4.70. The maximum Gasteiger partial charge on any atom is 0.199 e. The van der Waals surface area contributed by atoms with Crippen molar-refractivity contribution in [2.75, 3.05) is 5.73 Å². The molecular weight excluding hydrogens is 226 g/mol. The van der Waals surface area contributed by atoms with Gasteiger partial charge in [0.05, 0.1) is 10.6 Å². The molecule has 82 valence electrons.